The average molecular weight is 1110 g/mol. The van der Waals surface area contributed by atoms with Crippen molar-refractivity contribution in [2.24, 2.45) is 5.92 Å². The molecule has 428 valence electrons. The number of aryl methyl sites for hydroxylation is 1. The molecule has 0 saturated carbocycles. The first-order chi connectivity index (χ1) is 38.7. The maximum Gasteiger partial charge on any atom is 0.246 e. The summed E-state index contributed by atoms with van der Waals surface area (Å²) in [5.41, 5.74) is 14.4. The van der Waals surface area contributed by atoms with E-state index in [0.717, 1.165) is 136 Å². The number of nitrogen functional groups attached to an aromatic ring is 1. The average Bonchev–Trinajstić information content (AvgIpc) is 4.16. The number of aliphatic hydroxyl groups is 1. The van der Waals surface area contributed by atoms with Crippen molar-refractivity contribution < 1.29 is 34.1 Å². The SMILES string of the molecule is Cc1ncsc1-c1ccc([C@H](C)NC(=O)[C@@H]2C[C@@H](O)CN2C(=O)[C@@H](NC(=O)CCCCCCCCCC(=O)N2CCN(CCOc3cccc(N4C5CCC4CN(c4cc(-c6ccccc6O)nnc4N)C5)c3)CC2)C(C)C)cc1. The number of piperazine rings is 2. The zero-order valence-electron chi connectivity index (χ0n) is 47.0. The molecular weight excluding hydrogens is 1030 g/mol. The molecule has 18 nitrogen and oxygen atoms in total. The molecule has 6 heterocycles. The fraction of sp³-hybridized carbons (Fsp3) is 0.525. The molecular formula is C61H81N11O7S. The van der Waals surface area contributed by atoms with Crippen molar-refractivity contribution in [1.29, 1.82) is 0 Å². The molecule has 4 saturated heterocycles. The number of hydrogen-bond acceptors (Lipinski definition) is 15. The van der Waals surface area contributed by atoms with Gasteiger partial charge in [-0.2, -0.15) is 0 Å². The van der Waals surface area contributed by atoms with Gasteiger partial charge in [0, 0.05) is 101 Å². The Kier molecular flexibility index (Phi) is 19.6. The van der Waals surface area contributed by atoms with Crippen LogP contribution in [0.25, 0.3) is 21.7 Å². The largest absolute Gasteiger partial charge is 0.507 e. The van der Waals surface area contributed by atoms with Crippen LogP contribution in [0, 0.1) is 12.8 Å². The lowest BCUT2D eigenvalue weighted by molar-refractivity contribution is -0.142. The van der Waals surface area contributed by atoms with Gasteiger partial charge in [0.05, 0.1) is 39.6 Å². The molecule has 0 radical (unpaired) electrons. The van der Waals surface area contributed by atoms with Gasteiger partial charge in [-0.25, -0.2) is 4.98 Å². The number of hydrogen-bond donors (Lipinski definition) is 5. The fourth-order valence-electron chi connectivity index (χ4n) is 12.0. The number of carbonyl (C=O) groups excluding carboxylic acids is 4. The highest BCUT2D eigenvalue weighted by Gasteiger charge is 2.43. The number of para-hydroxylation sites is 1. The highest BCUT2D eigenvalue weighted by molar-refractivity contribution is 7.13. The van der Waals surface area contributed by atoms with E-state index in [9.17, 15) is 29.4 Å². The summed E-state index contributed by atoms with van der Waals surface area (Å²) in [6, 6.07) is 24.2. The molecule has 19 heteroatoms. The van der Waals surface area contributed by atoms with Gasteiger partial charge in [-0.3, -0.25) is 24.1 Å². The Morgan fingerprint density at radius 1 is 0.812 bits per heavy atom. The number of likely N-dealkylation sites (tertiary alicyclic amines) is 1. The lowest BCUT2D eigenvalue weighted by Gasteiger charge is -2.43. The minimum atomic E-state index is -0.842. The smallest absolute Gasteiger partial charge is 0.246 e. The molecule has 3 aromatic carbocycles. The number of ether oxygens (including phenoxy) is 1. The van der Waals surface area contributed by atoms with Gasteiger partial charge >= 0.3 is 0 Å². The van der Waals surface area contributed by atoms with Gasteiger partial charge in [0.25, 0.3) is 0 Å². The van der Waals surface area contributed by atoms with Crippen LogP contribution in [0.4, 0.5) is 17.2 Å². The Balaban J connectivity index is 0.615. The molecule has 4 aliphatic rings. The Bertz CT molecular complexity index is 2880. The number of phenols is 1. The predicted octanol–water partition coefficient (Wildman–Crippen LogP) is 7.73. The number of amides is 4. The van der Waals surface area contributed by atoms with Gasteiger partial charge in [0.2, 0.25) is 23.6 Å². The number of rotatable bonds is 24. The lowest BCUT2D eigenvalue weighted by atomic mass is 10.0. The maximum atomic E-state index is 13.9. The lowest BCUT2D eigenvalue weighted by Crippen LogP contribution is -2.55. The summed E-state index contributed by atoms with van der Waals surface area (Å²) in [6.45, 7) is 13.7. The number of unbranched alkanes of at least 4 members (excludes halogenated alkanes) is 6. The third-order valence-corrected chi connectivity index (χ3v) is 17.5. The summed E-state index contributed by atoms with van der Waals surface area (Å²) >= 11 is 1.59. The van der Waals surface area contributed by atoms with Crippen LogP contribution in [-0.4, -0.2) is 153 Å². The van der Waals surface area contributed by atoms with Gasteiger partial charge in [0.15, 0.2) is 5.82 Å². The van der Waals surface area contributed by atoms with Crippen molar-refractivity contribution in [3.63, 3.8) is 0 Å². The van der Waals surface area contributed by atoms with Crippen molar-refractivity contribution in [1.82, 2.24) is 40.5 Å². The summed E-state index contributed by atoms with van der Waals surface area (Å²) in [6.07, 6.45) is 8.86. The summed E-state index contributed by atoms with van der Waals surface area (Å²) in [7, 11) is 0. The first kappa shape index (κ1) is 57.8. The van der Waals surface area contributed by atoms with E-state index in [0.29, 0.717) is 55.0 Å². The second-order valence-electron chi connectivity index (χ2n) is 22.6. The molecule has 0 spiro atoms. The molecule has 4 amide bonds. The molecule has 4 aliphatic heterocycles. The topological polar surface area (TPSA) is 223 Å². The van der Waals surface area contributed by atoms with E-state index in [4.69, 9.17) is 10.5 Å². The highest BCUT2D eigenvalue weighted by atomic mass is 32.1. The standard InChI is InChI=1S/C61H81N11O7S/c1-40(2)57(61(78)71-38-48(73)34-53(71)60(77)64-41(3)43-21-23-44(24-22-43)58-42(4)63-39-80-58)65-55(75)19-10-8-6-5-7-9-11-20-56(76)69-29-27-68(28-30-69)31-32-79-49-16-14-15-45(33-49)72-46-25-26-47(72)37-70(36-46)52-35-51(66-67-59(52)62)50-17-12-13-18-54(50)74/h12-18,21-24,33,35,39-41,46-48,53,57,73-74H,5-11,19-20,25-32,34,36-38H2,1-4H3,(H2,62,67)(H,64,77)(H,65,75)/t41-,46?,47?,48+,53-,57-/m0/s1. The number of benzene rings is 3. The van der Waals surface area contributed by atoms with Crippen molar-refractivity contribution in [3.05, 3.63) is 95.6 Å². The van der Waals surface area contributed by atoms with Crippen molar-refractivity contribution in [2.45, 2.75) is 141 Å². The molecule has 2 bridgehead atoms. The number of aromatic nitrogens is 3. The van der Waals surface area contributed by atoms with Crippen molar-refractivity contribution in [3.8, 4) is 33.2 Å². The van der Waals surface area contributed by atoms with E-state index < -0.39 is 18.2 Å². The third kappa shape index (κ3) is 14.4. The van der Waals surface area contributed by atoms with Crippen LogP contribution in [0.15, 0.2) is 84.4 Å². The summed E-state index contributed by atoms with van der Waals surface area (Å²) in [5, 5.41) is 35.6. The Hall–Kier alpha value is -6.83. The molecule has 4 fully saturated rings. The molecule has 2 unspecified atom stereocenters. The number of nitrogens with one attached hydrogen (secondary N) is 2. The number of thiazole rings is 1. The normalized spacial score (nSPS) is 20.0. The summed E-state index contributed by atoms with van der Waals surface area (Å²) < 4.78 is 6.32. The molecule has 6 N–H and O–H groups in total. The van der Waals surface area contributed by atoms with Crippen molar-refractivity contribution in [2.75, 3.05) is 74.5 Å². The Morgan fingerprint density at radius 2 is 1.51 bits per heavy atom. The summed E-state index contributed by atoms with van der Waals surface area (Å²) in [4.78, 5) is 69.9. The van der Waals surface area contributed by atoms with Crippen LogP contribution in [0.2, 0.25) is 0 Å². The summed E-state index contributed by atoms with van der Waals surface area (Å²) in [5.74, 6) is 0.538. The fourth-order valence-corrected chi connectivity index (χ4v) is 12.8. The number of nitrogens with zero attached hydrogens (tertiary/aromatic N) is 8. The molecule has 2 aromatic heterocycles. The first-order valence-corrected chi connectivity index (χ1v) is 29.8. The van der Waals surface area contributed by atoms with Gasteiger partial charge in [-0.1, -0.05) is 88.4 Å². The van der Waals surface area contributed by atoms with Crippen LogP contribution in [0.3, 0.4) is 0 Å². The Labute approximate surface area is 475 Å². The third-order valence-electron chi connectivity index (χ3n) is 16.5. The molecule has 80 heavy (non-hydrogen) atoms. The first-order valence-electron chi connectivity index (χ1n) is 29.0. The second-order valence-corrected chi connectivity index (χ2v) is 23.4. The zero-order valence-corrected chi connectivity index (χ0v) is 47.8. The molecule has 5 aromatic rings. The number of nitrogens with two attached hydrogens (primary N) is 1. The minimum absolute atomic E-state index is 0.0346. The van der Waals surface area contributed by atoms with E-state index in [1.54, 1.807) is 23.5 Å². The Morgan fingerprint density at radius 3 is 2.20 bits per heavy atom. The van der Waals surface area contributed by atoms with Gasteiger partial charge in [-0.05, 0) is 86.9 Å². The van der Waals surface area contributed by atoms with E-state index in [1.807, 2.05) is 86.6 Å². The monoisotopic (exact) mass is 1110 g/mol. The van der Waals surface area contributed by atoms with E-state index in [2.05, 4.69) is 58.7 Å². The van der Waals surface area contributed by atoms with E-state index >= 15 is 0 Å². The number of anilines is 3. The maximum absolute atomic E-state index is 13.9. The molecule has 0 aliphatic carbocycles. The number of carbonyl (C=O) groups is 4. The zero-order chi connectivity index (χ0) is 56.3. The van der Waals surface area contributed by atoms with Crippen LogP contribution in [0.1, 0.15) is 115 Å². The van der Waals surface area contributed by atoms with Crippen LogP contribution < -0.4 is 30.9 Å². The van der Waals surface area contributed by atoms with Crippen LogP contribution in [0.5, 0.6) is 11.5 Å². The van der Waals surface area contributed by atoms with Crippen molar-refractivity contribution >= 4 is 52.2 Å². The number of aliphatic hydroxyl groups excluding tert-OH is 1. The quantitative estimate of drug-likeness (QED) is 0.0373. The number of fused-ring (bicyclic) bond motifs is 2. The van der Waals surface area contributed by atoms with Gasteiger partial charge in [0.1, 0.15) is 30.2 Å². The number of β-amino-alcohol motifs (C(OH)–C–C–N with tert-alkyl or cyclic N) is 1. The molecule has 9 rings (SSSR count). The minimum Gasteiger partial charge on any atom is -0.507 e. The number of aromatic hydroxyl groups is 1. The predicted molar refractivity (Wildman–Crippen MR) is 313 cm³/mol. The second kappa shape index (κ2) is 27.1. The molecule has 6 atom stereocenters. The number of phenolic OH excluding ortho intramolecular Hbond substituents is 1. The van der Waals surface area contributed by atoms with E-state index in [-0.39, 0.29) is 54.3 Å². The van der Waals surface area contributed by atoms with Gasteiger partial charge in [-0.15, -0.1) is 21.5 Å². The van der Waals surface area contributed by atoms with Gasteiger partial charge < -0.3 is 50.9 Å². The van der Waals surface area contributed by atoms with Crippen LogP contribution in [-0.2, 0) is 19.2 Å². The van der Waals surface area contributed by atoms with Crippen LogP contribution >= 0.6 is 11.3 Å². The van der Waals surface area contributed by atoms with E-state index in [1.165, 1.54) is 4.90 Å². The highest BCUT2D eigenvalue weighted by Crippen LogP contribution is 2.40.